The van der Waals surface area contributed by atoms with Crippen LogP contribution in [0.3, 0.4) is 0 Å². The van der Waals surface area contributed by atoms with Crippen LogP contribution in [0.25, 0.3) is 0 Å². The SMILES string of the molecule is CC(=O)OC[C@H]1O[C@H](c2ccc(Cl)c(Cc3ccc(OC4C[C@@H]5C[C@@H]5C4)cc3)c2)[C@H](OC(C)=O)[C@@H](OC(C)=O)[C@@H]1OC(C)=O. The number of carbonyl (C=O) groups is 4. The van der Waals surface area contributed by atoms with Gasteiger partial charge in [0.2, 0.25) is 0 Å². The summed E-state index contributed by atoms with van der Waals surface area (Å²) in [5.41, 5.74) is 2.36. The molecule has 0 radical (unpaired) electrons. The summed E-state index contributed by atoms with van der Waals surface area (Å²) in [6, 6.07) is 13.2. The Balaban J connectivity index is 1.41. The van der Waals surface area contributed by atoms with Crippen LogP contribution in [-0.4, -0.2) is 61.0 Å². The number of carbonyl (C=O) groups excluding carboxylic acids is 4. The molecule has 0 bridgehead atoms. The summed E-state index contributed by atoms with van der Waals surface area (Å²) in [4.78, 5) is 48.1. The van der Waals surface area contributed by atoms with Gasteiger partial charge in [0.15, 0.2) is 18.3 Å². The van der Waals surface area contributed by atoms with E-state index in [2.05, 4.69) is 0 Å². The van der Waals surface area contributed by atoms with E-state index in [1.165, 1.54) is 34.1 Å². The molecule has 11 heteroatoms. The fourth-order valence-electron chi connectivity index (χ4n) is 6.26. The Morgan fingerprint density at radius 1 is 0.773 bits per heavy atom. The maximum absolute atomic E-state index is 12.2. The minimum Gasteiger partial charge on any atom is -0.490 e. The quantitative estimate of drug-likeness (QED) is 0.265. The van der Waals surface area contributed by atoms with E-state index < -0.39 is 54.4 Å². The Bertz CT molecular complexity index is 1380. The zero-order valence-corrected chi connectivity index (χ0v) is 25.9. The maximum Gasteiger partial charge on any atom is 0.303 e. The van der Waals surface area contributed by atoms with E-state index in [-0.39, 0.29) is 12.7 Å². The maximum atomic E-state index is 12.2. The van der Waals surface area contributed by atoms with E-state index in [0.29, 0.717) is 17.0 Å². The fourth-order valence-corrected chi connectivity index (χ4v) is 6.44. The Labute approximate surface area is 261 Å². The predicted octanol–water partition coefficient (Wildman–Crippen LogP) is 4.91. The van der Waals surface area contributed by atoms with E-state index in [9.17, 15) is 19.2 Å². The van der Waals surface area contributed by atoms with Crippen molar-refractivity contribution >= 4 is 35.5 Å². The van der Waals surface area contributed by atoms with Gasteiger partial charge in [-0.25, -0.2) is 0 Å². The molecule has 10 nitrogen and oxygen atoms in total. The lowest BCUT2D eigenvalue weighted by molar-refractivity contribution is -0.254. The largest absolute Gasteiger partial charge is 0.490 e. The van der Waals surface area contributed by atoms with Gasteiger partial charge in [-0.2, -0.15) is 0 Å². The summed E-state index contributed by atoms with van der Waals surface area (Å²) in [6.45, 7) is 4.51. The monoisotopic (exact) mass is 628 g/mol. The van der Waals surface area contributed by atoms with Crippen molar-refractivity contribution in [3.8, 4) is 5.75 Å². The van der Waals surface area contributed by atoms with Crippen LogP contribution in [0.15, 0.2) is 42.5 Å². The smallest absolute Gasteiger partial charge is 0.303 e. The molecule has 2 saturated carbocycles. The first-order valence-electron chi connectivity index (χ1n) is 14.8. The molecule has 1 unspecified atom stereocenters. The van der Waals surface area contributed by atoms with Gasteiger partial charge >= 0.3 is 23.9 Å². The summed E-state index contributed by atoms with van der Waals surface area (Å²) in [6.07, 6.45) is -1.31. The molecule has 5 rings (SSSR count). The van der Waals surface area contributed by atoms with E-state index in [4.69, 9.17) is 40.0 Å². The third kappa shape index (κ3) is 7.90. The van der Waals surface area contributed by atoms with Crippen LogP contribution >= 0.6 is 11.6 Å². The standard InChI is InChI=1S/C33H37ClO10/c1-17(35)39-16-29-31(40-18(2)36)33(42-20(4)38)32(41-19(3)37)30(44-29)22-7-10-28(34)25(12-22)11-21-5-8-26(9-6-21)43-27-14-23-13-24(23)15-27/h5-10,12,23-24,27,29-33H,11,13-16H2,1-4H3/t23-,24+,27?,29-,30-,31-,32+,33+/m1/s1. The van der Waals surface area contributed by atoms with Crippen LogP contribution < -0.4 is 4.74 Å². The Hall–Kier alpha value is -3.63. The first kappa shape index (κ1) is 31.8. The van der Waals surface area contributed by atoms with Gasteiger partial charge in [0.25, 0.3) is 0 Å². The molecule has 3 fully saturated rings. The van der Waals surface area contributed by atoms with Crippen LogP contribution in [0.5, 0.6) is 5.75 Å². The lowest BCUT2D eigenvalue weighted by atomic mass is 9.89. The molecule has 0 N–H and O–H groups in total. The second-order valence-corrected chi connectivity index (χ2v) is 12.2. The zero-order chi connectivity index (χ0) is 31.5. The number of ether oxygens (including phenoxy) is 6. The summed E-state index contributed by atoms with van der Waals surface area (Å²) in [5, 5.41) is 0.518. The van der Waals surface area contributed by atoms with Gasteiger partial charge in [0.05, 0.1) is 6.10 Å². The topological polar surface area (TPSA) is 124 Å². The van der Waals surface area contributed by atoms with Gasteiger partial charge in [0, 0.05) is 32.7 Å². The minimum absolute atomic E-state index is 0.289. The molecule has 236 valence electrons. The Morgan fingerprint density at radius 3 is 2.00 bits per heavy atom. The molecular weight excluding hydrogens is 592 g/mol. The summed E-state index contributed by atoms with van der Waals surface area (Å²) >= 11 is 6.62. The summed E-state index contributed by atoms with van der Waals surface area (Å²) in [7, 11) is 0. The van der Waals surface area contributed by atoms with Crippen LogP contribution in [-0.2, 0) is 49.3 Å². The molecule has 0 spiro atoms. The molecule has 1 saturated heterocycles. The molecular formula is C33H37ClO10. The second-order valence-electron chi connectivity index (χ2n) is 11.8. The van der Waals surface area contributed by atoms with Crippen LogP contribution in [0.1, 0.15) is 69.8 Å². The van der Waals surface area contributed by atoms with Crippen LogP contribution in [0.4, 0.5) is 0 Å². The third-order valence-electron chi connectivity index (χ3n) is 8.21. The molecule has 1 heterocycles. The minimum atomic E-state index is -1.25. The highest BCUT2D eigenvalue weighted by Gasteiger charge is 2.52. The van der Waals surface area contributed by atoms with Crippen LogP contribution in [0.2, 0.25) is 5.02 Å². The number of benzene rings is 2. The fraction of sp³-hybridized carbons (Fsp3) is 0.515. The number of hydrogen-bond donors (Lipinski definition) is 0. The molecule has 1 aliphatic heterocycles. The highest BCUT2D eigenvalue weighted by atomic mass is 35.5. The summed E-state index contributed by atoms with van der Waals surface area (Å²) in [5.74, 6) is -0.0850. The number of fused-ring (bicyclic) bond motifs is 1. The van der Waals surface area contributed by atoms with Gasteiger partial charge in [-0.05, 0) is 72.4 Å². The zero-order valence-electron chi connectivity index (χ0n) is 25.2. The van der Waals surface area contributed by atoms with Crippen molar-refractivity contribution in [2.45, 2.75) is 90.0 Å². The van der Waals surface area contributed by atoms with Crippen molar-refractivity contribution in [2.24, 2.45) is 11.8 Å². The molecule has 0 aromatic heterocycles. The summed E-state index contributed by atoms with van der Waals surface area (Å²) < 4.78 is 34.4. The molecule has 44 heavy (non-hydrogen) atoms. The van der Waals surface area contributed by atoms with E-state index in [1.54, 1.807) is 12.1 Å². The number of rotatable bonds is 10. The molecule has 3 aliphatic rings. The third-order valence-corrected chi connectivity index (χ3v) is 8.58. The van der Waals surface area contributed by atoms with Gasteiger partial charge < -0.3 is 28.4 Å². The molecule has 2 aromatic rings. The lowest BCUT2D eigenvalue weighted by Crippen LogP contribution is -2.59. The normalized spacial score (nSPS) is 28.8. The number of halogens is 1. The van der Waals surface area contributed by atoms with E-state index >= 15 is 0 Å². The lowest BCUT2D eigenvalue weighted by Gasteiger charge is -2.44. The molecule has 2 aromatic carbocycles. The van der Waals surface area contributed by atoms with Crippen molar-refractivity contribution in [2.75, 3.05) is 6.61 Å². The predicted molar refractivity (Wildman–Crippen MR) is 157 cm³/mol. The van der Waals surface area contributed by atoms with Crippen molar-refractivity contribution < 1.29 is 47.6 Å². The van der Waals surface area contributed by atoms with E-state index in [0.717, 1.165) is 41.6 Å². The average molecular weight is 629 g/mol. The number of hydrogen-bond acceptors (Lipinski definition) is 10. The Kier molecular flexibility index (Phi) is 9.80. The van der Waals surface area contributed by atoms with E-state index in [1.807, 2.05) is 30.3 Å². The molecule has 8 atom stereocenters. The highest BCUT2D eigenvalue weighted by Crippen LogP contribution is 2.52. The van der Waals surface area contributed by atoms with Crippen molar-refractivity contribution in [3.63, 3.8) is 0 Å². The first-order chi connectivity index (χ1) is 21.0. The highest BCUT2D eigenvalue weighted by molar-refractivity contribution is 6.31. The van der Waals surface area contributed by atoms with Crippen molar-refractivity contribution in [3.05, 3.63) is 64.2 Å². The van der Waals surface area contributed by atoms with Crippen LogP contribution in [0, 0.1) is 11.8 Å². The van der Waals surface area contributed by atoms with Crippen molar-refractivity contribution in [1.29, 1.82) is 0 Å². The molecule has 2 aliphatic carbocycles. The first-order valence-corrected chi connectivity index (χ1v) is 15.2. The van der Waals surface area contributed by atoms with Gasteiger partial charge in [-0.15, -0.1) is 0 Å². The number of esters is 4. The van der Waals surface area contributed by atoms with Gasteiger partial charge in [-0.3, -0.25) is 19.2 Å². The van der Waals surface area contributed by atoms with Gasteiger partial charge in [0.1, 0.15) is 24.6 Å². The van der Waals surface area contributed by atoms with Crippen molar-refractivity contribution in [1.82, 2.24) is 0 Å². The second kappa shape index (κ2) is 13.6. The molecule has 0 amide bonds. The Morgan fingerprint density at radius 2 is 1.39 bits per heavy atom. The van der Waals surface area contributed by atoms with Gasteiger partial charge in [-0.1, -0.05) is 35.9 Å². The average Bonchev–Trinajstić information content (AvgIpc) is 3.56.